The standard InChI is InChI=1S/C21H14BrCl3N4O2S/c1-2-5-29-20(17-7-11-6-12(22)3-4-16(11)31-17)27-28-21(29)32-10-18(30)26-19-14(24)8-13(23)9-15(19)25/h2-4,6-9H,1,5,10H2,(H,26,30). The molecule has 0 saturated carbocycles. The predicted molar refractivity (Wildman–Crippen MR) is 134 cm³/mol. The van der Waals surface area contributed by atoms with Crippen molar-refractivity contribution in [3.63, 3.8) is 0 Å². The van der Waals surface area contributed by atoms with Gasteiger partial charge in [0.25, 0.3) is 0 Å². The van der Waals surface area contributed by atoms with E-state index in [0.29, 0.717) is 34.0 Å². The van der Waals surface area contributed by atoms with Gasteiger partial charge in [-0.05, 0) is 36.4 Å². The van der Waals surface area contributed by atoms with E-state index in [1.165, 1.54) is 23.9 Å². The molecule has 4 rings (SSSR count). The van der Waals surface area contributed by atoms with Gasteiger partial charge in [0.15, 0.2) is 10.9 Å². The molecule has 32 heavy (non-hydrogen) atoms. The highest BCUT2D eigenvalue weighted by atomic mass is 79.9. The van der Waals surface area contributed by atoms with E-state index in [4.69, 9.17) is 39.2 Å². The SMILES string of the molecule is C=CCn1c(SCC(=O)Nc2c(Cl)cc(Cl)cc2Cl)nnc1-c1cc2cc(Br)ccc2o1. The molecule has 1 amide bonds. The van der Waals surface area contributed by atoms with Gasteiger partial charge >= 0.3 is 0 Å². The maximum Gasteiger partial charge on any atom is 0.234 e. The number of thioether (sulfide) groups is 1. The Labute approximate surface area is 211 Å². The number of hydrogen-bond donors (Lipinski definition) is 1. The van der Waals surface area contributed by atoms with Crippen molar-refractivity contribution in [3.8, 4) is 11.6 Å². The number of anilines is 1. The maximum absolute atomic E-state index is 12.5. The first-order valence-electron chi connectivity index (χ1n) is 9.16. The molecular weight excluding hydrogens is 559 g/mol. The number of amides is 1. The average Bonchev–Trinajstić information content (AvgIpc) is 3.32. The third kappa shape index (κ3) is 5.00. The van der Waals surface area contributed by atoms with Crippen molar-refractivity contribution in [2.24, 2.45) is 0 Å². The Morgan fingerprint density at radius 3 is 2.66 bits per heavy atom. The number of aromatic nitrogens is 3. The number of nitrogens with one attached hydrogen (secondary N) is 1. The molecular formula is C21H14BrCl3N4O2S. The Hall–Kier alpha value is -1.97. The zero-order valence-corrected chi connectivity index (χ0v) is 20.9. The molecule has 4 aromatic rings. The van der Waals surface area contributed by atoms with Gasteiger partial charge in [0.2, 0.25) is 11.7 Å². The molecule has 0 aliphatic carbocycles. The summed E-state index contributed by atoms with van der Waals surface area (Å²) in [6.45, 7) is 4.25. The second-order valence-electron chi connectivity index (χ2n) is 6.58. The van der Waals surface area contributed by atoms with Crippen LogP contribution in [0.25, 0.3) is 22.6 Å². The third-order valence-electron chi connectivity index (χ3n) is 4.33. The maximum atomic E-state index is 12.5. The second kappa shape index (κ2) is 9.89. The fraction of sp³-hybridized carbons (Fsp3) is 0.0952. The van der Waals surface area contributed by atoms with E-state index in [1.807, 2.05) is 28.8 Å². The molecule has 2 aromatic carbocycles. The Kier molecular flexibility index (Phi) is 7.17. The molecule has 6 nitrogen and oxygen atoms in total. The topological polar surface area (TPSA) is 73.0 Å². The van der Waals surface area contributed by atoms with E-state index >= 15 is 0 Å². The number of carbonyl (C=O) groups excluding carboxylic acids is 1. The highest BCUT2D eigenvalue weighted by Gasteiger charge is 2.19. The van der Waals surface area contributed by atoms with Crippen molar-refractivity contribution in [2.75, 3.05) is 11.1 Å². The third-order valence-corrected chi connectivity index (χ3v) is 6.61. The van der Waals surface area contributed by atoms with Crippen LogP contribution in [0.5, 0.6) is 0 Å². The number of furan rings is 1. The first-order valence-corrected chi connectivity index (χ1v) is 12.1. The molecule has 0 radical (unpaired) electrons. The summed E-state index contributed by atoms with van der Waals surface area (Å²) >= 11 is 22.9. The normalized spacial score (nSPS) is 11.1. The number of hydrogen-bond acceptors (Lipinski definition) is 5. The molecule has 0 bridgehead atoms. The zero-order chi connectivity index (χ0) is 22.8. The van der Waals surface area contributed by atoms with Crippen molar-refractivity contribution >= 4 is 85.1 Å². The number of fused-ring (bicyclic) bond motifs is 1. The molecule has 0 saturated heterocycles. The summed E-state index contributed by atoms with van der Waals surface area (Å²) in [5.74, 6) is 0.884. The number of halogens is 4. The van der Waals surface area contributed by atoms with E-state index in [0.717, 1.165) is 15.4 Å². The van der Waals surface area contributed by atoms with Gasteiger partial charge in [0.1, 0.15) is 5.58 Å². The van der Waals surface area contributed by atoms with Gasteiger partial charge in [-0.1, -0.05) is 68.6 Å². The van der Waals surface area contributed by atoms with Crippen LogP contribution in [-0.4, -0.2) is 26.4 Å². The molecule has 0 fully saturated rings. The zero-order valence-electron chi connectivity index (χ0n) is 16.2. The Morgan fingerprint density at radius 1 is 1.19 bits per heavy atom. The lowest BCUT2D eigenvalue weighted by atomic mass is 10.2. The van der Waals surface area contributed by atoms with Gasteiger partial charge < -0.3 is 9.73 Å². The van der Waals surface area contributed by atoms with E-state index in [1.54, 1.807) is 6.08 Å². The van der Waals surface area contributed by atoms with Gasteiger partial charge in [-0.25, -0.2) is 0 Å². The van der Waals surface area contributed by atoms with Crippen LogP contribution in [0, 0.1) is 0 Å². The number of rotatable bonds is 7. The monoisotopic (exact) mass is 570 g/mol. The minimum absolute atomic E-state index is 0.0671. The number of carbonyl (C=O) groups is 1. The lowest BCUT2D eigenvalue weighted by molar-refractivity contribution is -0.113. The average molecular weight is 573 g/mol. The minimum atomic E-state index is -0.301. The fourth-order valence-electron chi connectivity index (χ4n) is 2.96. The van der Waals surface area contributed by atoms with E-state index < -0.39 is 0 Å². The molecule has 0 aliphatic rings. The summed E-state index contributed by atoms with van der Waals surface area (Å²) in [6.07, 6.45) is 1.73. The molecule has 2 heterocycles. The largest absolute Gasteiger partial charge is 0.453 e. The van der Waals surface area contributed by atoms with E-state index in [-0.39, 0.29) is 21.7 Å². The lowest BCUT2D eigenvalue weighted by Crippen LogP contribution is -2.15. The van der Waals surface area contributed by atoms with Crippen LogP contribution >= 0.6 is 62.5 Å². The fourth-order valence-corrected chi connectivity index (χ4v) is 5.00. The van der Waals surface area contributed by atoms with Gasteiger partial charge in [-0.15, -0.1) is 16.8 Å². The molecule has 0 spiro atoms. The summed E-state index contributed by atoms with van der Waals surface area (Å²) in [6, 6.07) is 10.7. The molecule has 2 aromatic heterocycles. The van der Waals surface area contributed by atoms with E-state index in [9.17, 15) is 4.79 Å². The smallest absolute Gasteiger partial charge is 0.234 e. The summed E-state index contributed by atoms with van der Waals surface area (Å²) in [7, 11) is 0. The van der Waals surface area contributed by atoms with Gasteiger partial charge in [-0.3, -0.25) is 9.36 Å². The van der Waals surface area contributed by atoms with Gasteiger partial charge in [0, 0.05) is 21.4 Å². The highest BCUT2D eigenvalue weighted by Crippen LogP contribution is 2.34. The van der Waals surface area contributed by atoms with Crippen LogP contribution in [0.3, 0.4) is 0 Å². The van der Waals surface area contributed by atoms with Crippen molar-refractivity contribution in [1.82, 2.24) is 14.8 Å². The Morgan fingerprint density at radius 2 is 1.94 bits per heavy atom. The molecule has 0 aliphatic heterocycles. The van der Waals surface area contributed by atoms with Crippen LogP contribution in [0.2, 0.25) is 15.1 Å². The molecule has 1 N–H and O–H groups in total. The van der Waals surface area contributed by atoms with Crippen molar-refractivity contribution in [3.05, 3.63) is 68.6 Å². The molecule has 0 unspecified atom stereocenters. The van der Waals surface area contributed by atoms with Crippen LogP contribution in [0.15, 0.2) is 63.1 Å². The summed E-state index contributed by atoms with van der Waals surface area (Å²) in [4.78, 5) is 12.5. The highest BCUT2D eigenvalue weighted by molar-refractivity contribution is 9.10. The summed E-state index contributed by atoms with van der Waals surface area (Å²) in [5.41, 5.74) is 1.05. The second-order valence-corrected chi connectivity index (χ2v) is 9.69. The van der Waals surface area contributed by atoms with Crippen molar-refractivity contribution in [1.29, 1.82) is 0 Å². The summed E-state index contributed by atoms with van der Waals surface area (Å²) < 4.78 is 8.73. The Balaban J connectivity index is 1.53. The number of benzene rings is 2. The van der Waals surface area contributed by atoms with Gasteiger partial charge in [0.05, 0.1) is 21.5 Å². The minimum Gasteiger partial charge on any atom is -0.453 e. The van der Waals surface area contributed by atoms with Crippen LogP contribution in [0.1, 0.15) is 0 Å². The number of nitrogens with zero attached hydrogens (tertiary/aromatic N) is 3. The lowest BCUT2D eigenvalue weighted by Gasteiger charge is -2.10. The van der Waals surface area contributed by atoms with Crippen LogP contribution in [-0.2, 0) is 11.3 Å². The first-order chi connectivity index (χ1) is 15.4. The first kappa shape index (κ1) is 23.2. The van der Waals surface area contributed by atoms with Crippen molar-refractivity contribution in [2.45, 2.75) is 11.7 Å². The quantitative estimate of drug-likeness (QED) is 0.185. The van der Waals surface area contributed by atoms with Crippen LogP contribution < -0.4 is 5.32 Å². The molecule has 11 heteroatoms. The van der Waals surface area contributed by atoms with Gasteiger partial charge in [-0.2, -0.15) is 0 Å². The Bertz CT molecular complexity index is 1320. The van der Waals surface area contributed by atoms with Crippen LogP contribution in [0.4, 0.5) is 5.69 Å². The predicted octanol–water partition coefficient (Wildman–Crippen LogP) is 7.33. The number of allylic oxidation sites excluding steroid dienone is 1. The molecule has 164 valence electrons. The molecule has 0 atom stereocenters. The summed E-state index contributed by atoms with van der Waals surface area (Å²) in [5, 5.41) is 13.6. The van der Waals surface area contributed by atoms with Crippen molar-refractivity contribution < 1.29 is 9.21 Å². The van der Waals surface area contributed by atoms with E-state index in [2.05, 4.69) is 38.0 Å².